The van der Waals surface area contributed by atoms with Crippen molar-refractivity contribution in [3.05, 3.63) is 0 Å². The van der Waals surface area contributed by atoms with Crippen molar-refractivity contribution < 1.29 is 13.3 Å². The Hall–Kier alpha value is 1.15. The fraction of sp³-hybridized carbons (Fsp3) is 1.00. The summed E-state index contributed by atoms with van der Waals surface area (Å²) in [5, 5.41) is 0. The monoisotopic (exact) mass is 396 g/mol. The first-order chi connectivity index (χ1) is 11.1. The maximum atomic E-state index is 6.10. The summed E-state index contributed by atoms with van der Waals surface area (Å²) in [5.74, 6) is 1.01. The lowest BCUT2D eigenvalue weighted by Crippen LogP contribution is -2.54. The summed E-state index contributed by atoms with van der Waals surface area (Å²) in [4.78, 5) is 0.315. The molecule has 0 aromatic rings. The van der Waals surface area contributed by atoms with E-state index in [4.69, 9.17) is 13.3 Å². The van der Waals surface area contributed by atoms with E-state index in [-0.39, 0.29) is 0 Å². The Morgan fingerprint density at radius 3 is 1.96 bits per heavy atom. The molecule has 136 valence electrons. The van der Waals surface area contributed by atoms with E-state index in [0.717, 1.165) is 12.3 Å². The fourth-order valence-electron chi connectivity index (χ4n) is 3.78. The highest BCUT2D eigenvalue weighted by Crippen LogP contribution is 2.61. The minimum atomic E-state index is -2.60. The van der Waals surface area contributed by atoms with Crippen molar-refractivity contribution in [2.45, 2.75) is 75.8 Å². The number of rotatable bonds is 12. The quantitative estimate of drug-likeness (QED) is 0.309. The first kappa shape index (κ1) is 20.5. The third-order valence-corrected chi connectivity index (χ3v) is 15.0. The van der Waals surface area contributed by atoms with Gasteiger partial charge in [-0.15, -0.1) is 0 Å². The molecule has 2 aliphatic carbocycles. The van der Waals surface area contributed by atoms with E-state index in [0.29, 0.717) is 29.4 Å². The van der Waals surface area contributed by atoms with Crippen LogP contribution in [0.5, 0.6) is 0 Å². The van der Waals surface area contributed by atoms with Gasteiger partial charge in [0.1, 0.15) is 0 Å². The van der Waals surface area contributed by atoms with Crippen molar-refractivity contribution in [3.63, 3.8) is 0 Å². The lowest BCUT2D eigenvalue weighted by atomic mass is 10.0. The zero-order valence-electron chi connectivity index (χ0n) is 15.0. The highest BCUT2D eigenvalue weighted by atomic mass is 33.5. The molecule has 0 amide bonds. The molecule has 3 nitrogen and oxygen atoms in total. The SMILES string of the molecule is CCO[Si](OCC)(OCC)C(CC)SSSC12CCC(CC1)C2. The average Bonchev–Trinajstić information content (AvgIpc) is 3.13. The van der Waals surface area contributed by atoms with Crippen LogP contribution in [0.15, 0.2) is 0 Å². The van der Waals surface area contributed by atoms with Crippen molar-refractivity contribution in [3.8, 4) is 0 Å². The molecule has 23 heavy (non-hydrogen) atoms. The minimum Gasteiger partial charge on any atom is -0.373 e. The van der Waals surface area contributed by atoms with Crippen LogP contribution in [0, 0.1) is 5.92 Å². The van der Waals surface area contributed by atoms with Crippen molar-refractivity contribution in [2.75, 3.05) is 19.8 Å². The number of hydrogen-bond acceptors (Lipinski definition) is 6. The third kappa shape index (κ3) is 5.08. The van der Waals surface area contributed by atoms with E-state index in [1.807, 2.05) is 41.4 Å². The molecular formula is C16H32O3S3Si. The Labute approximate surface area is 154 Å². The summed E-state index contributed by atoms with van der Waals surface area (Å²) in [6.45, 7) is 10.3. The molecule has 2 rings (SSSR count). The molecule has 0 heterocycles. The van der Waals surface area contributed by atoms with Crippen LogP contribution in [-0.2, 0) is 13.3 Å². The summed E-state index contributed by atoms with van der Waals surface area (Å²) in [5.41, 5.74) is 0. The topological polar surface area (TPSA) is 27.7 Å². The first-order valence-electron chi connectivity index (χ1n) is 9.06. The minimum absolute atomic E-state index is 0.315. The van der Waals surface area contributed by atoms with Gasteiger partial charge in [-0.05, 0) is 75.0 Å². The molecule has 0 aromatic carbocycles. The summed E-state index contributed by atoms with van der Waals surface area (Å²) >= 11 is 0. The molecule has 1 atom stereocenters. The van der Waals surface area contributed by atoms with Crippen LogP contribution in [0.1, 0.15) is 66.2 Å². The summed E-state index contributed by atoms with van der Waals surface area (Å²) < 4.78 is 18.9. The summed E-state index contributed by atoms with van der Waals surface area (Å²) in [7, 11) is 3.43. The molecule has 0 N–H and O–H groups in total. The molecule has 1 unspecified atom stereocenters. The van der Waals surface area contributed by atoms with Gasteiger partial charge in [0.05, 0.1) is 4.87 Å². The van der Waals surface area contributed by atoms with E-state index in [1.165, 1.54) is 32.1 Å². The van der Waals surface area contributed by atoms with E-state index >= 15 is 0 Å². The largest absolute Gasteiger partial charge is 0.515 e. The van der Waals surface area contributed by atoms with E-state index in [2.05, 4.69) is 17.7 Å². The molecule has 0 aliphatic heterocycles. The maximum Gasteiger partial charge on any atom is 0.515 e. The van der Waals surface area contributed by atoms with Crippen molar-refractivity contribution >= 4 is 40.2 Å². The molecule has 2 bridgehead atoms. The normalized spacial score (nSPS) is 28.4. The van der Waals surface area contributed by atoms with E-state index in [9.17, 15) is 0 Å². The van der Waals surface area contributed by atoms with Gasteiger partial charge in [0.2, 0.25) is 0 Å². The van der Waals surface area contributed by atoms with Gasteiger partial charge in [-0.1, -0.05) is 28.5 Å². The molecule has 0 spiro atoms. The van der Waals surface area contributed by atoms with Crippen molar-refractivity contribution in [1.82, 2.24) is 0 Å². The Bertz CT molecular complexity index is 334. The van der Waals surface area contributed by atoms with Crippen LogP contribution in [-0.4, -0.2) is 38.2 Å². The fourth-order valence-corrected chi connectivity index (χ4v) is 15.1. The van der Waals surface area contributed by atoms with Crippen LogP contribution in [0.3, 0.4) is 0 Å². The van der Waals surface area contributed by atoms with E-state index < -0.39 is 8.80 Å². The van der Waals surface area contributed by atoms with Crippen LogP contribution in [0.25, 0.3) is 0 Å². The Morgan fingerprint density at radius 1 is 1.00 bits per heavy atom. The molecular weight excluding hydrogens is 364 g/mol. The van der Waals surface area contributed by atoms with Gasteiger partial charge < -0.3 is 13.3 Å². The Kier molecular flexibility index (Phi) is 8.66. The highest BCUT2D eigenvalue weighted by Gasteiger charge is 2.50. The van der Waals surface area contributed by atoms with Crippen LogP contribution >= 0.6 is 31.4 Å². The maximum absolute atomic E-state index is 6.10. The summed E-state index contributed by atoms with van der Waals surface area (Å²) in [6, 6.07) is 0. The van der Waals surface area contributed by atoms with Gasteiger partial charge >= 0.3 is 8.80 Å². The molecule has 2 fully saturated rings. The number of hydrogen-bond donors (Lipinski definition) is 0. The molecule has 0 aromatic heterocycles. The van der Waals surface area contributed by atoms with Gasteiger partial charge in [0.25, 0.3) is 0 Å². The van der Waals surface area contributed by atoms with Gasteiger partial charge in [-0.2, -0.15) is 0 Å². The predicted octanol–water partition coefficient (Wildman–Crippen LogP) is 5.71. The highest BCUT2D eigenvalue weighted by molar-refractivity contribution is 9.09. The standard InChI is InChI=1S/C16H32O3S3Si/c1-5-15(23(17-6-2,18-7-3)19-8-4)20-22-21-16-11-9-14(13-16)10-12-16/h14-15H,5-13H2,1-4H3. The molecule has 0 saturated heterocycles. The first-order valence-corrected chi connectivity index (χ1v) is 14.4. The predicted molar refractivity (Wildman–Crippen MR) is 107 cm³/mol. The smallest absolute Gasteiger partial charge is 0.373 e. The third-order valence-electron chi connectivity index (χ3n) is 4.85. The Balaban J connectivity index is 1.92. The van der Waals surface area contributed by atoms with Gasteiger partial charge in [0.15, 0.2) is 0 Å². The van der Waals surface area contributed by atoms with E-state index in [1.54, 1.807) is 0 Å². The second-order valence-corrected chi connectivity index (χ2v) is 14.2. The van der Waals surface area contributed by atoms with Crippen molar-refractivity contribution in [1.29, 1.82) is 0 Å². The zero-order chi connectivity index (χ0) is 16.8. The van der Waals surface area contributed by atoms with Gasteiger partial charge in [0, 0.05) is 24.6 Å². The van der Waals surface area contributed by atoms with Gasteiger partial charge in [-0.25, -0.2) is 0 Å². The van der Waals surface area contributed by atoms with Crippen LogP contribution < -0.4 is 0 Å². The Morgan fingerprint density at radius 2 is 1.57 bits per heavy atom. The molecule has 2 saturated carbocycles. The summed E-state index contributed by atoms with van der Waals surface area (Å²) in [6.07, 6.45) is 8.19. The molecule has 0 radical (unpaired) electrons. The lowest BCUT2D eigenvalue weighted by Gasteiger charge is -2.34. The van der Waals surface area contributed by atoms with Crippen molar-refractivity contribution in [2.24, 2.45) is 5.92 Å². The van der Waals surface area contributed by atoms with Gasteiger partial charge in [-0.3, -0.25) is 0 Å². The molecule has 7 heteroatoms. The zero-order valence-corrected chi connectivity index (χ0v) is 18.4. The number of fused-ring (bicyclic) bond motifs is 2. The second-order valence-electron chi connectivity index (χ2n) is 6.38. The van der Waals surface area contributed by atoms with Crippen LogP contribution in [0.4, 0.5) is 0 Å². The molecule has 2 aliphatic rings. The average molecular weight is 397 g/mol. The lowest BCUT2D eigenvalue weighted by molar-refractivity contribution is 0.0693. The van der Waals surface area contributed by atoms with Crippen LogP contribution in [0.2, 0.25) is 0 Å². The second kappa shape index (κ2) is 9.74.